The first kappa shape index (κ1) is 11.6. The second kappa shape index (κ2) is 4.02. The van der Waals surface area contributed by atoms with E-state index >= 15 is 0 Å². The first-order valence-corrected chi connectivity index (χ1v) is 6.34. The number of nitrogens with one attached hydrogen (secondary N) is 1. The summed E-state index contributed by atoms with van der Waals surface area (Å²) in [4.78, 5) is 5.43. The minimum atomic E-state index is -0.548. The molecule has 2 aliphatic rings. The lowest BCUT2D eigenvalue weighted by Crippen LogP contribution is -2.44. The smallest absolute Gasteiger partial charge is 0.128 e. The maximum absolute atomic E-state index is 14.0. The average molecular weight is 302 g/mol. The Bertz CT molecular complexity index is 456. The van der Waals surface area contributed by atoms with Crippen LogP contribution in [0.25, 0.3) is 0 Å². The molecule has 1 saturated heterocycles. The Kier molecular flexibility index (Phi) is 2.74. The van der Waals surface area contributed by atoms with Gasteiger partial charge in [-0.2, -0.15) is 5.48 Å². The predicted molar refractivity (Wildman–Crippen MR) is 63.8 cm³/mol. The standard InChI is InChI=1S/C12H13BrFNO2/c1-16-6-12(9-5-11(9)17-15-12)8-4-7(13)2-3-10(8)14/h2-4,9,11,15H,5-6H2,1H3. The normalized spacial score (nSPS) is 34.8. The largest absolute Gasteiger partial charge is 0.382 e. The SMILES string of the molecule is COCC1(c2cc(Br)ccc2F)NOC2CC21. The first-order chi connectivity index (χ1) is 8.17. The molecular weight excluding hydrogens is 289 g/mol. The lowest BCUT2D eigenvalue weighted by molar-refractivity contribution is -0.0143. The van der Waals surface area contributed by atoms with Crippen LogP contribution >= 0.6 is 15.9 Å². The molecule has 1 aromatic carbocycles. The van der Waals surface area contributed by atoms with Crippen molar-refractivity contribution in [1.29, 1.82) is 0 Å². The maximum atomic E-state index is 14.0. The molecule has 1 heterocycles. The zero-order chi connectivity index (χ0) is 12.0. The van der Waals surface area contributed by atoms with E-state index in [0.29, 0.717) is 18.1 Å². The molecule has 0 bridgehead atoms. The number of rotatable bonds is 3. The number of hydrogen-bond donors (Lipinski definition) is 1. The molecule has 92 valence electrons. The molecule has 3 rings (SSSR count). The molecule has 0 amide bonds. The van der Waals surface area contributed by atoms with Crippen molar-refractivity contribution in [1.82, 2.24) is 5.48 Å². The van der Waals surface area contributed by atoms with Gasteiger partial charge in [-0.05, 0) is 24.6 Å². The molecule has 0 aromatic heterocycles. The number of methoxy groups -OCH3 is 1. The minimum absolute atomic E-state index is 0.198. The third-order valence-corrected chi connectivity index (χ3v) is 4.03. The average Bonchev–Trinajstić information content (AvgIpc) is 3.02. The molecular formula is C12H13BrFNO2. The lowest BCUT2D eigenvalue weighted by Gasteiger charge is -2.30. The Labute approximate surface area is 107 Å². The summed E-state index contributed by atoms with van der Waals surface area (Å²) >= 11 is 3.38. The third kappa shape index (κ3) is 1.73. The van der Waals surface area contributed by atoms with E-state index in [-0.39, 0.29) is 11.9 Å². The highest BCUT2D eigenvalue weighted by atomic mass is 79.9. The van der Waals surface area contributed by atoms with E-state index < -0.39 is 5.54 Å². The van der Waals surface area contributed by atoms with E-state index in [1.165, 1.54) is 6.07 Å². The summed E-state index contributed by atoms with van der Waals surface area (Å²) in [5.74, 6) is 0.0696. The van der Waals surface area contributed by atoms with Gasteiger partial charge in [0.05, 0.1) is 18.2 Å². The Balaban J connectivity index is 2.06. The summed E-state index contributed by atoms with van der Waals surface area (Å²) in [7, 11) is 1.62. The van der Waals surface area contributed by atoms with Gasteiger partial charge < -0.3 is 4.74 Å². The van der Waals surface area contributed by atoms with Gasteiger partial charge in [0.25, 0.3) is 0 Å². The summed E-state index contributed by atoms with van der Waals surface area (Å²) in [5, 5.41) is 0. The minimum Gasteiger partial charge on any atom is -0.382 e. The predicted octanol–water partition coefficient (Wildman–Crippen LogP) is 2.35. The van der Waals surface area contributed by atoms with E-state index in [1.807, 2.05) is 0 Å². The fourth-order valence-corrected chi connectivity index (χ4v) is 2.97. The Morgan fingerprint density at radius 2 is 2.47 bits per heavy atom. The molecule has 3 nitrogen and oxygen atoms in total. The second-order valence-electron chi connectivity index (χ2n) is 4.63. The second-order valence-corrected chi connectivity index (χ2v) is 5.54. The summed E-state index contributed by atoms with van der Waals surface area (Å²) in [6, 6.07) is 4.96. The van der Waals surface area contributed by atoms with Crippen LogP contribution in [0.4, 0.5) is 4.39 Å². The van der Waals surface area contributed by atoms with Gasteiger partial charge in [0.2, 0.25) is 0 Å². The molecule has 0 radical (unpaired) electrons. The fraction of sp³-hybridized carbons (Fsp3) is 0.500. The van der Waals surface area contributed by atoms with Gasteiger partial charge in [0.15, 0.2) is 0 Å². The monoisotopic (exact) mass is 301 g/mol. The third-order valence-electron chi connectivity index (χ3n) is 3.54. The number of ether oxygens (including phenoxy) is 1. The van der Waals surface area contributed by atoms with Crippen molar-refractivity contribution in [2.24, 2.45) is 5.92 Å². The van der Waals surface area contributed by atoms with Crippen molar-refractivity contribution in [3.8, 4) is 0 Å². The van der Waals surface area contributed by atoms with Crippen LogP contribution in [0.15, 0.2) is 22.7 Å². The van der Waals surface area contributed by atoms with E-state index in [2.05, 4.69) is 21.4 Å². The molecule has 1 aromatic rings. The summed E-state index contributed by atoms with van der Waals surface area (Å²) in [5.41, 5.74) is 3.03. The molecule has 0 spiro atoms. The van der Waals surface area contributed by atoms with Gasteiger partial charge >= 0.3 is 0 Å². The molecule has 5 heteroatoms. The molecule has 2 fully saturated rings. The molecule has 1 N–H and O–H groups in total. The number of fused-ring (bicyclic) bond motifs is 1. The number of halogens is 2. The molecule has 1 saturated carbocycles. The molecule has 17 heavy (non-hydrogen) atoms. The summed E-state index contributed by atoms with van der Waals surface area (Å²) in [6.45, 7) is 0.404. The fourth-order valence-electron chi connectivity index (χ4n) is 2.61. The highest BCUT2D eigenvalue weighted by Crippen LogP contribution is 2.53. The van der Waals surface area contributed by atoms with Crippen LogP contribution in [0.5, 0.6) is 0 Å². The van der Waals surface area contributed by atoms with Gasteiger partial charge in [0.1, 0.15) is 5.82 Å². The Morgan fingerprint density at radius 3 is 3.06 bits per heavy atom. The quantitative estimate of drug-likeness (QED) is 0.930. The van der Waals surface area contributed by atoms with Crippen LogP contribution in [-0.4, -0.2) is 19.8 Å². The van der Waals surface area contributed by atoms with Crippen molar-refractivity contribution < 1.29 is 14.0 Å². The Hall–Kier alpha value is -0.490. The zero-order valence-corrected chi connectivity index (χ0v) is 11.0. The first-order valence-electron chi connectivity index (χ1n) is 5.54. The Morgan fingerprint density at radius 1 is 1.65 bits per heavy atom. The molecule has 1 aliphatic heterocycles. The number of hydrogen-bond acceptors (Lipinski definition) is 3. The summed E-state index contributed by atoms with van der Waals surface area (Å²) in [6.07, 6.45) is 1.16. The van der Waals surface area contributed by atoms with Crippen LogP contribution in [-0.2, 0) is 15.1 Å². The van der Waals surface area contributed by atoms with Crippen LogP contribution < -0.4 is 5.48 Å². The molecule has 1 aliphatic carbocycles. The van der Waals surface area contributed by atoms with Crippen molar-refractivity contribution in [2.45, 2.75) is 18.1 Å². The van der Waals surface area contributed by atoms with Crippen molar-refractivity contribution in [3.05, 3.63) is 34.1 Å². The number of hydroxylamine groups is 1. The maximum Gasteiger partial charge on any atom is 0.128 e. The van der Waals surface area contributed by atoms with Gasteiger partial charge in [-0.3, -0.25) is 4.84 Å². The van der Waals surface area contributed by atoms with E-state index in [9.17, 15) is 4.39 Å². The zero-order valence-electron chi connectivity index (χ0n) is 9.37. The van der Waals surface area contributed by atoms with Crippen LogP contribution in [0.1, 0.15) is 12.0 Å². The van der Waals surface area contributed by atoms with E-state index in [0.717, 1.165) is 10.9 Å². The number of benzene rings is 1. The molecule has 3 atom stereocenters. The van der Waals surface area contributed by atoms with E-state index in [4.69, 9.17) is 9.57 Å². The highest BCUT2D eigenvalue weighted by molar-refractivity contribution is 9.10. The van der Waals surface area contributed by atoms with Gasteiger partial charge in [-0.15, -0.1) is 0 Å². The lowest BCUT2D eigenvalue weighted by atomic mass is 9.86. The topological polar surface area (TPSA) is 30.5 Å². The van der Waals surface area contributed by atoms with Gasteiger partial charge in [-0.1, -0.05) is 15.9 Å². The van der Waals surface area contributed by atoms with Crippen LogP contribution in [0.3, 0.4) is 0 Å². The van der Waals surface area contributed by atoms with Crippen LogP contribution in [0, 0.1) is 11.7 Å². The highest BCUT2D eigenvalue weighted by Gasteiger charge is 2.61. The summed E-state index contributed by atoms with van der Waals surface area (Å²) < 4.78 is 20.1. The van der Waals surface area contributed by atoms with E-state index in [1.54, 1.807) is 19.2 Å². The van der Waals surface area contributed by atoms with Crippen LogP contribution in [0.2, 0.25) is 0 Å². The van der Waals surface area contributed by atoms with Gasteiger partial charge in [0, 0.05) is 23.1 Å². The molecule has 3 unspecified atom stereocenters. The van der Waals surface area contributed by atoms with Crippen molar-refractivity contribution in [3.63, 3.8) is 0 Å². The van der Waals surface area contributed by atoms with Crippen molar-refractivity contribution in [2.75, 3.05) is 13.7 Å². The van der Waals surface area contributed by atoms with Crippen molar-refractivity contribution >= 4 is 15.9 Å². The van der Waals surface area contributed by atoms with Gasteiger partial charge in [-0.25, -0.2) is 4.39 Å².